The van der Waals surface area contributed by atoms with Crippen LogP contribution in [0.1, 0.15) is 16.1 Å². The lowest BCUT2D eigenvalue weighted by molar-refractivity contribution is 0.0714. The minimum Gasteiger partial charge on any atom is -0.459 e. The second-order valence-electron chi connectivity index (χ2n) is 8.12. The molecule has 10 nitrogen and oxygen atoms in total. The Kier molecular flexibility index (Phi) is 5.12. The van der Waals surface area contributed by atoms with Gasteiger partial charge in [0.15, 0.2) is 16.9 Å². The van der Waals surface area contributed by atoms with E-state index in [2.05, 4.69) is 4.90 Å². The molecule has 4 aromatic rings. The number of anilines is 1. The van der Waals surface area contributed by atoms with Crippen LogP contribution in [0.3, 0.4) is 0 Å². The molecule has 33 heavy (non-hydrogen) atoms. The van der Waals surface area contributed by atoms with Crippen molar-refractivity contribution in [3.8, 4) is 0 Å². The topological polar surface area (TPSA) is 98.5 Å². The molecule has 1 amide bonds. The normalized spacial score (nSPS) is 14.2. The second kappa shape index (κ2) is 8.12. The van der Waals surface area contributed by atoms with E-state index in [0.717, 1.165) is 10.1 Å². The zero-order valence-electron chi connectivity index (χ0n) is 18.5. The van der Waals surface area contributed by atoms with Crippen LogP contribution in [0.5, 0.6) is 0 Å². The van der Waals surface area contributed by atoms with E-state index in [9.17, 15) is 14.4 Å². The Balaban J connectivity index is 1.54. The van der Waals surface area contributed by atoms with Gasteiger partial charge in [-0.3, -0.25) is 23.3 Å². The van der Waals surface area contributed by atoms with Gasteiger partial charge in [-0.05, 0) is 17.7 Å². The Morgan fingerprint density at radius 3 is 2.36 bits per heavy atom. The third-order valence-electron chi connectivity index (χ3n) is 6.09. The van der Waals surface area contributed by atoms with Gasteiger partial charge in [-0.25, -0.2) is 4.79 Å². The molecule has 4 heterocycles. The summed E-state index contributed by atoms with van der Waals surface area (Å²) in [5, 5.41) is 0. The molecule has 1 aliphatic heterocycles. The summed E-state index contributed by atoms with van der Waals surface area (Å²) in [5.74, 6) is 0.782. The summed E-state index contributed by atoms with van der Waals surface area (Å²) in [6, 6.07) is 13.2. The molecule has 0 spiro atoms. The fourth-order valence-corrected chi connectivity index (χ4v) is 4.26. The first kappa shape index (κ1) is 20.8. The number of benzene rings is 1. The predicted molar refractivity (Wildman–Crippen MR) is 123 cm³/mol. The molecule has 0 unspecified atom stereocenters. The molecule has 1 saturated heterocycles. The summed E-state index contributed by atoms with van der Waals surface area (Å²) < 4.78 is 9.62. The second-order valence-corrected chi connectivity index (χ2v) is 8.12. The molecular formula is C23H24N6O4. The average molecular weight is 448 g/mol. The molecule has 0 atom stereocenters. The van der Waals surface area contributed by atoms with E-state index >= 15 is 0 Å². The van der Waals surface area contributed by atoms with Crippen molar-refractivity contribution < 1.29 is 9.21 Å². The lowest BCUT2D eigenvalue weighted by Crippen LogP contribution is -2.49. The number of fused-ring (bicyclic) bond motifs is 1. The van der Waals surface area contributed by atoms with Crippen LogP contribution in [0.15, 0.2) is 62.7 Å². The highest BCUT2D eigenvalue weighted by molar-refractivity contribution is 5.91. The van der Waals surface area contributed by atoms with Crippen LogP contribution in [-0.2, 0) is 20.6 Å². The fraction of sp³-hybridized carbons (Fsp3) is 0.304. The largest absolute Gasteiger partial charge is 0.459 e. The van der Waals surface area contributed by atoms with Crippen LogP contribution < -0.4 is 16.1 Å². The lowest BCUT2D eigenvalue weighted by atomic mass is 10.2. The van der Waals surface area contributed by atoms with Gasteiger partial charge in [0.2, 0.25) is 5.95 Å². The number of aryl methyl sites for hydroxylation is 1. The summed E-state index contributed by atoms with van der Waals surface area (Å²) in [7, 11) is 3.09. The van der Waals surface area contributed by atoms with Crippen molar-refractivity contribution in [1.82, 2.24) is 23.6 Å². The molecule has 0 bridgehead atoms. The van der Waals surface area contributed by atoms with E-state index in [4.69, 9.17) is 9.40 Å². The number of rotatable bonds is 4. The zero-order chi connectivity index (χ0) is 23.1. The van der Waals surface area contributed by atoms with Crippen LogP contribution >= 0.6 is 0 Å². The highest BCUT2D eigenvalue weighted by atomic mass is 16.3. The minimum atomic E-state index is -0.419. The smallest absolute Gasteiger partial charge is 0.332 e. The fourth-order valence-electron chi connectivity index (χ4n) is 4.26. The van der Waals surface area contributed by atoms with E-state index in [-0.39, 0.29) is 11.5 Å². The van der Waals surface area contributed by atoms with Gasteiger partial charge in [0, 0.05) is 40.3 Å². The molecule has 1 fully saturated rings. The number of piperazine rings is 1. The molecule has 1 aliphatic rings. The van der Waals surface area contributed by atoms with Crippen molar-refractivity contribution in [2.24, 2.45) is 14.1 Å². The van der Waals surface area contributed by atoms with Gasteiger partial charge in [-0.1, -0.05) is 30.3 Å². The van der Waals surface area contributed by atoms with Gasteiger partial charge in [0.1, 0.15) is 0 Å². The van der Waals surface area contributed by atoms with Gasteiger partial charge in [-0.2, -0.15) is 4.98 Å². The van der Waals surface area contributed by atoms with Crippen molar-refractivity contribution in [2.45, 2.75) is 6.54 Å². The third kappa shape index (κ3) is 3.53. The highest BCUT2D eigenvalue weighted by Gasteiger charge is 2.28. The molecule has 0 saturated carbocycles. The van der Waals surface area contributed by atoms with Crippen LogP contribution in [0, 0.1) is 0 Å². The van der Waals surface area contributed by atoms with E-state index in [1.807, 2.05) is 34.9 Å². The Labute approximate surface area is 188 Å². The van der Waals surface area contributed by atoms with Crippen molar-refractivity contribution in [1.29, 1.82) is 0 Å². The van der Waals surface area contributed by atoms with E-state index in [1.54, 1.807) is 24.1 Å². The number of amides is 1. The number of hydrogen-bond donors (Lipinski definition) is 0. The van der Waals surface area contributed by atoms with Gasteiger partial charge in [0.25, 0.3) is 11.5 Å². The van der Waals surface area contributed by atoms with Crippen LogP contribution in [0.4, 0.5) is 5.95 Å². The molecule has 0 radical (unpaired) electrons. The maximum Gasteiger partial charge on any atom is 0.332 e. The standard InChI is InChI=1S/C23H24N6O4/c1-25-19-18(21(31)26(2)23(25)32)29(15-16-7-4-3-5-8-16)22(24-19)28-12-10-27(11-13-28)20(30)17-9-6-14-33-17/h3-9,14H,10-13,15H2,1-2H3. The zero-order valence-corrected chi connectivity index (χ0v) is 18.5. The van der Waals surface area contributed by atoms with E-state index < -0.39 is 5.69 Å². The molecular weight excluding hydrogens is 424 g/mol. The molecule has 0 N–H and O–H groups in total. The average Bonchev–Trinajstić information content (AvgIpc) is 3.51. The molecule has 0 aliphatic carbocycles. The Hall–Kier alpha value is -4.08. The van der Waals surface area contributed by atoms with Crippen molar-refractivity contribution in [3.63, 3.8) is 0 Å². The lowest BCUT2D eigenvalue weighted by Gasteiger charge is -2.35. The molecule has 170 valence electrons. The first-order valence-corrected chi connectivity index (χ1v) is 10.7. The molecule has 1 aromatic carbocycles. The summed E-state index contributed by atoms with van der Waals surface area (Å²) >= 11 is 0. The minimum absolute atomic E-state index is 0.145. The number of carbonyl (C=O) groups is 1. The maximum atomic E-state index is 13.1. The van der Waals surface area contributed by atoms with Gasteiger partial charge < -0.3 is 14.2 Å². The summed E-state index contributed by atoms with van der Waals surface area (Å²) in [6.07, 6.45) is 1.49. The molecule has 5 rings (SSSR count). The first-order valence-electron chi connectivity index (χ1n) is 10.7. The van der Waals surface area contributed by atoms with Crippen molar-refractivity contribution in [3.05, 3.63) is 80.9 Å². The molecule has 3 aromatic heterocycles. The van der Waals surface area contributed by atoms with Gasteiger partial charge >= 0.3 is 5.69 Å². The Bertz CT molecular complexity index is 1420. The summed E-state index contributed by atoms with van der Waals surface area (Å²) in [5.41, 5.74) is 0.947. The Morgan fingerprint density at radius 2 is 1.70 bits per heavy atom. The monoisotopic (exact) mass is 448 g/mol. The number of aromatic nitrogens is 4. The van der Waals surface area contributed by atoms with Crippen LogP contribution in [-0.4, -0.2) is 55.7 Å². The molecule has 10 heteroatoms. The number of carbonyl (C=O) groups excluding carboxylic acids is 1. The quantitative estimate of drug-likeness (QED) is 0.463. The van der Waals surface area contributed by atoms with E-state index in [1.165, 1.54) is 17.9 Å². The summed E-state index contributed by atoms with van der Waals surface area (Å²) in [6.45, 7) is 2.50. The van der Waals surface area contributed by atoms with Crippen molar-refractivity contribution >= 4 is 23.0 Å². The van der Waals surface area contributed by atoms with Crippen LogP contribution in [0.25, 0.3) is 11.2 Å². The number of furan rings is 1. The first-order chi connectivity index (χ1) is 16.0. The number of nitrogens with zero attached hydrogens (tertiary/aromatic N) is 6. The number of imidazole rings is 1. The highest BCUT2D eigenvalue weighted by Crippen LogP contribution is 2.23. The van der Waals surface area contributed by atoms with Gasteiger partial charge in [-0.15, -0.1) is 0 Å². The predicted octanol–water partition coefficient (Wildman–Crippen LogP) is 1.04. The van der Waals surface area contributed by atoms with Crippen molar-refractivity contribution in [2.75, 3.05) is 31.1 Å². The summed E-state index contributed by atoms with van der Waals surface area (Å²) in [4.78, 5) is 46.7. The van der Waals surface area contributed by atoms with E-state index in [0.29, 0.717) is 55.6 Å². The van der Waals surface area contributed by atoms with Gasteiger partial charge in [0.05, 0.1) is 12.8 Å². The van der Waals surface area contributed by atoms with Crippen LogP contribution in [0.2, 0.25) is 0 Å². The third-order valence-corrected chi connectivity index (χ3v) is 6.09. The maximum absolute atomic E-state index is 13.1. The Morgan fingerprint density at radius 1 is 0.970 bits per heavy atom. The SMILES string of the molecule is Cn1c(=O)c2c(nc(N3CCN(C(=O)c4ccco4)CC3)n2Cc2ccccc2)n(C)c1=O. The number of hydrogen-bond acceptors (Lipinski definition) is 6.